The Kier molecular flexibility index (Phi) is 6.62. The minimum atomic E-state index is -3.52. The van der Waals surface area contributed by atoms with Crippen molar-refractivity contribution in [3.05, 3.63) is 12.7 Å². The van der Waals surface area contributed by atoms with Crippen LogP contribution in [0.5, 0.6) is 0 Å². The predicted octanol–water partition coefficient (Wildman–Crippen LogP) is 0.505. The van der Waals surface area contributed by atoms with Crippen LogP contribution in [0.15, 0.2) is 12.7 Å². The van der Waals surface area contributed by atoms with E-state index < -0.39 is 9.05 Å². The summed E-state index contributed by atoms with van der Waals surface area (Å²) in [7, 11) is -0.926. The molecule has 15 heavy (non-hydrogen) atoms. The fourth-order valence-electron chi connectivity index (χ4n) is 0.975. The van der Waals surface area contributed by atoms with Gasteiger partial charge in [-0.3, -0.25) is 4.79 Å². The van der Waals surface area contributed by atoms with E-state index in [2.05, 4.69) is 6.58 Å². The van der Waals surface area contributed by atoms with Crippen molar-refractivity contribution in [1.82, 2.24) is 0 Å². The van der Waals surface area contributed by atoms with Gasteiger partial charge >= 0.3 is 9.05 Å². The molecule has 5 nitrogen and oxygen atoms in total. The molecule has 1 N–H and O–H groups in total. The van der Waals surface area contributed by atoms with Gasteiger partial charge in [-0.05, 0) is 12.5 Å². The second-order valence-corrected chi connectivity index (χ2v) is 5.11. The summed E-state index contributed by atoms with van der Waals surface area (Å²) < 4.78 is 14.5. The van der Waals surface area contributed by atoms with Crippen LogP contribution in [0, 0.1) is 5.92 Å². The lowest BCUT2D eigenvalue weighted by atomic mass is 10.0. The summed E-state index contributed by atoms with van der Waals surface area (Å²) in [5.41, 5.74) is 0. The maximum absolute atomic E-state index is 11.3. The van der Waals surface area contributed by atoms with Gasteiger partial charge in [0.15, 0.2) is 5.78 Å². The molecule has 0 fully saturated rings. The summed E-state index contributed by atoms with van der Waals surface area (Å²) in [6, 6.07) is 0. The minimum absolute atomic E-state index is 0.0752. The van der Waals surface area contributed by atoms with Crippen molar-refractivity contribution in [2.24, 2.45) is 5.92 Å². The van der Waals surface area contributed by atoms with E-state index in [0.29, 0.717) is 6.42 Å². The second-order valence-electron chi connectivity index (χ2n) is 2.95. The van der Waals surface area contributed by atoms with Gasteiger partial charge in [0.1, 0.15) is 0 Å². The van der Waals surface area contributed by atoms with Crippen molar-refractivity contribution >= 4 is 14.8 Å². The summed E-state index contributed by atoms with van der Waals surface area (Å²) in [5, 5.41) is 0. The SMILES string of the molecule is C=CC(=O)C(CC)CO[Si](O)(OC)OC. The molecule has 0 saturated heterocycles. The second kappa shape index (κ2) is 6.86. The van der Waals surface area contributed by atoms with Crippen LogP contribution in [-0.2, 0) is 18.1 Å². The van der Waals surface area contributed by atoms with Crippen molar-refractivity contribution in [1.29, 1.82) is 0 Å². The Balaban J connectivity index is 4.21. The van der Waals surface area contributed by atoms with Gasteiger partial charge in [0.25, 0.3) is 0 Å². The molecule has 0 aromatic carbocycles. The van der Waals surface area contributed by atoms with Crippen LogP contribution in [0.1, 0.15) is 13.3 Å². The van der Waals surface area contributed by atoms with Gasteiger partial charge in [0.2, 0.25) is 0 Å². The number of ketones is 1. The normalized spacial score (nSPS) is 13.6. The highest BCUT2D eigenvalue weighted by Crippen LogP contribution is 2.10. The predicted molar refractivity (Wildman–Crippen MR) is 56.9 cm³/mol. The average molecular weight is 234 g/mol. The van der Waals surface area contributed by atoms with E-state index in [0.717, 1.165) is 0 Å². The molecule has 0 aromatic rings. The maximum Gasteiger partial charge on any atom is 0.676 e. The Bertz CT molecular complexity index is 215. The highest BCUT2D eigenvalue weighted by Gasteiger charge is 2.39. The first-order chi connectivity index (χ1) is 7.02. The van der Waals surface area contributed by atoms with E-state index in [4.69, 9.17) is 13.3 Å². The monoisotopic (exact) mass is 234 g/mol. The third-order valence-electron chi connectivity index (χ3n) is 2.08. The largest absolute Gasteiger partial charge is 0.676 e. The van der Waals surface area contributed by atoms with Gasteiger partial charge in [-0.1, -0.05) is 13.5 Å². The Morgan fingerprint density at radius 3 is 2.40 bits per heavy atom. The number of carbonyl (C=O) groups excluding carboxylic acids is 1. The molecule has 88 valence electrons. The number of hydrogen-bond donors (Lipinski definition) is 1. The molecule has 0 rings (SSSR count). The zero-order valence-corrected chi connectivity index (χ0v) is 10.4. The molecule has 0 spiro atoms. The molecular weight excluding hydrogens is 216 g/mol. The van der Waals surface area contributed by atoms with Gasteiger partial charge in [-0.15, -0.1) is 0 Å². The third kappa shape index (κ3) is 4.67. The molecule has 0 heterocycles. The Morgan fingerprint density at radius 1 is 1.53 bits per heavy atom. The summed E-state index contributed by atoms with van der Waals surface area (Å²) >= 11 is 0. The first kappa shape index (κ1) is 14.5. The van der Waals surface area contributed by atoms with Crippen LogP contribution in [-0.4, -0.2) is 40.5 Å². The van der Waals surface area contributed by atoms with Crippen molar-refractivity contribution in [3.8, 4) is 0 Å². The first-order valence-corrected chi connectivity index (χ1v) is 6.33. The fraction of sp³-hybridized carbons (Fsp3) is 0.667. The van der Waals surface area contributed by atoms with Gasteiger partial charge in [0.05, 0.1) is 6.61 Å². The van der Waals surface area contributed by atoms with Gasteiger partial charge in [-0.25, -0.2) is 0 Å². The number of hydrogen-bond acceptors (Lipinski definition) is 5. The van der Waals surface area contributed by atoms with Crippen LogP contribution in [0.25, 0.3) is 0 Å². The molecule has 0 amide bonds. The van der Waals surface area contributed by atoms with Crippen LogP contribution >= 0.6 is 0 Å². The summed E-state index contributed by atoms with van der Waals surface area (Å²) in [4.78, 5) is 20.9. The number of allylic oxidation sites excluding steroid dienone is 1. The summed E-state index contributed by atoms with van der Waals surface area (Å²) in [6.45, 7) is 5.33. The van der Waals surface area contributed by atoms with Crippen molar-refractivity contribution < 1.29 is 22.9 Å². The van der Waals surface area contributed by atoms with Crippen molar-refractivity contribution in [2.75, 3.05) is 20.8 Å². The molecule has 0 aliphatic carbocycles. The topological polar surface area (TPSA) is 65.0 Å². The van der Waals surface area contributed by atoms with Crippen LogP contribution in [0.3, 0.4) is 0 Å². The molecular formula is C9H18O5Si. The quantitative estimate of drug-likeness (QED) is 0.489. The average Bonchev–Trinajstić information content (AvgIpc) is 2.29. The van der Waals surface area contributed by atoms with Crippen molar-refractivity contribution in [3.63, 3.8) is 0 Å². The number of rotatable bonds is 8. The molecule has 0 radical (unpaired) electrons. The van der Waals surface area contributed by atoms with Crippen LogP contribution < -0.4 is 0 Å². The lowest BCUT2D eigenvalue weighted by Gasteiger charge is -2.21. The Morgan fingerprint density at radius 2 is 2.07 bits per heavy atom. The van der Waals surface area contributed by atoms with E-state index in [1.54, 1.807) is 0 Å². The molecule has 0 aliphatic heterocycles. The van der Waals surface area contributed by atoms with E-state index in [1.807, 2.05) is 6.92 Å². The summed E-state index contributed by atoms with van der Waals surface area (Å²) in [5.74, 6) is -0.423. The molecule has 0 aromatic heterocycles. The van der Waals surface area contributed by atoms with E-state index in [-0.39, 0.29) is 18.3 Å². The molecule has 0 aliphatic rings. The zero-order chi connectivity index (χ0) is 11.9. The standard InChI is InChI=1S/C9H18O5Si/c1-5-8(9(10)6-2)7-14-15(11,12-3)13-4/h6,8,11H,2,5,7H2,1,3-4H3. The molecule has 6 heteroatoms. The molecule has 1 unspecified atom stereocenters. The van der Waals surface area contributed by atoms with Crippen LogP contribution in [0.4, 0.5) is 0 Å². The highest BCUT2D eigenvalue weighted by molar-refractivity contribution is 6.51. The lowest BCUT2D eigenvalue weighted by Crippen LogP contribution is -2.45. The van der Waals surface area contributed by atoms with Gasteiger partial charge in [0, 0.05) is 20.1 Å². The van der Waals surface area contributed by atoms with E-state index in [9.17, 15) is 9.59 Å². The van der Waals surface area contributed by atoms with Gasteiger partial charge in [-0.2, -0.15) is 0 Å². The highest BCUT2D eigenvalue weighted by atomic mass is 28.4. The summed E-state index contributed by atoms with van der Waals surface area (Å²) in [6.07, 6.45) is 1.86. The van der Waals surface area contributed by atoms with E-state index >= 15 is 0 Å². The van der Waals surface area contributed by atoms with Crippen LogP contribution in [0.2, 0.25) is 0 Å². The first-order valence-electron chi connectivity index (χ1n) is 4.65. The Labute approximate surface area is 91.1 Å². The third-order valence-corrected chi connectivity index (χ3v) is 3.64. The van der Waals surface area contributed by atoms with Gasteiger partial charge < -0.3 is 18.1 Å². The minimum Gasteiger partial charge on any atom is -0.367 e. The fourth-order valence-corrected chi connectivity index (χ4v) is 1.79. The zero-order valence-electron chi connectivity index (χ0n) is 9.36. The van der Waals surface area contributed by atoms with E-state index in [1.165, 1.54) is 20.3 Å². The molecule has 0 saturated carbocycles. The smallest absolute Gasteiger partial charge is 0.367 e. The molecule has 0 bridgehead atoms. The lowest BCUT2D eigenvalue weighted by molar-refractivity contribution is -0.119. The van der Waals surface area contributed by atoms with Crippen molar-refractivity contribution in [2.45, 2.75) is 13.3 Å². The Hall–Kier alpha value is -0.533. The molecule has 1 atom stereocenters. The number of carbonyl (C=O) groups is 1. The maximum atomic E-state index is 11.3.